The fourth-order valence-corrected chi connectivity index (χ4v) is 2.57. The highest BCUT2D eigenvalue weighted by Crippen LogP contribution is 2.39. The van der Waals surface area contributed by atoms with E-state index in [2.05, 4.69) is 37.9 Å². The van der Waals surface area contributed by atoms with Gasteiger partial charge in [-0.15, -0.1) is 0 Å². The molecule has 1 heterocycles. The standard InChI is InChI=1S/C13H20N2O/c1-9(2)15-12-7-10(16)5-6-11(12)14-8-13(15,3)4/h5-7,9,14,16H,8H2,1-4H3. The van der Waals surface area contributed by atoms with Gasteiger partial charge in [-0.1, -0.05) is 0 Å². The van der Waals surface area contributed by atoms with Gasteiger partial charge >= 0.3 is 0 Å². The molecule has 3 nitrogen and oxygen atoms in total. The van der Waals surface area contributed by atoms with Crippen molar-refractivity contribution in [2.45, 2.75) is 39.3 Å². The lowest BCUT2D eigenvalue weighted by molar-refractivity contribution is 0.435. The fraction of sp³-hybridized carbons (Fsp3) is 0.538. The quantitative estimate of drug-likeness (QED) is 0.714. The maximum Gasteiger partial charge on any atom is 0.117 e. The van der Waals surface area contributed by atoms with Crippen LogP contribution >= 0.6 is 0 Å². The van der Waals surface area contributed by atoms with E-state index < -0.39 is 0 Å². The number of hydrogen-bond donors (Lipinski definition) is 2. The fourth-order valence-electron chi connectivity index (χ4n) is 2.57. The summed E-state index contributed by atoms with van der Waals surface area (Å²) in [5.74, 6) is 0.323. The summed E-state index contributed by atoms with van der Waals surface area (Å²) in [6, 6.07) is 5.92. The van der Waals surface area contributed by atoms with E-state index in [1.54, 1.807) is 6.07 Å². The predicted octanol–water partition coefficient (Wildman–Crippen LogP) is 2.81. The molecule has 0 bridgehead atoms. The summed E-state index contributed by atoms with van der Waals surface area (Å²) in [5, 5.41) is 13.0. The van der Waals surface area contributed by atoms with Gasteiger partial charge < -0.3 is 15.3 Å². The van der Waals surface area contributed by atoms with Crippen molar-refractivity contribution in [2.24, 2.45) is 0 Å². The first-order valence-electron chi connectivity index (χ1n) is 5.78. The van der Waals surface area contributed by atoms with Crippen molar-refractivity contribution in [3.63, 3.8) is 0 Å². The molecule has 88 valence electrons. The molecule has 0 unspecified atom stereocenters. The van der Waals surface area contributed by atoms with Crippen LogP contribution in [0.15, 0.2) is 18.2 Å². The normalized spacial score (nSPS) is 18.2. The lowest BCUT2D eigenvalue weighted by atomic mass is 9.95. The zero-order valence-corrected chi connectivity index (χ0v) is 10.4. The van der Waals surface area contributed by atoms with Gasteiger partial charge in [-0.3, -0.25) is 0 Å². The zero-order chi connectivity index (χ0) is 11.9. The number of anilines is 2. The number of hydrogen-bond acceptors (Lipinski definition) is 3. The van der Waals surface area contributed by atoms with E-state index in [-0.39, 0.29) is 5.54 Å². The average Bonchev–Trinajstić information content (AvgIpc) is 2.15. The molecule has 1 aliphatic rings. The molecule has 0 atom stereocenters. The molecular formula is C13H20N2O. The highest BCUT2D eigenvalue weighted by atomic mass is 16.3. The second kappa shape index (κ2) is 3.58. The number of benzene rings is 1. The van der Waals surface area contributed by atoms with Gasteiger partial charge in [0.1, 0.15) is 5.75 Å². The molecule has 2 N–H and O–H groups in total. The van der Waals surface area contributed by atoms with Crippen LogP contribution in [0.2, 0.25) is 0 Å². The van der Waals surface area contributed by atoms with Crippen molar-refractivity contribution >= 4 is 11.4 Å². The number of aromatic hydroxyl groups is 1. The molecule has 0 aliphatic carbocycles. The molecular weight excluding hydrogens is 200 g/mol. The van der Waals surface area contributed by atoms with Gasteiger partial charge in [0.15, 0.2) is 0 Å². The van der Waals surface area contributed by atoms with Crippen molar-refractivity contribution in [2.75, 3.05) is 16.8 Å². The van der Waals surface area contributed by atoms with Gasteiger partial charge in [0.25, 0.3) is 0 Å². The molecule has 3 heteroatoms. The smallest absolute Gasteiger partial charge is 0.117 e. The highest BCUT2D eigenvalue weighted by Gasteiger charge is 2.34. The van der Waals surface area contributed by atoms with E-state index in [4.69, 9.17) is 0 Å². The Labute approximate surface area is 97.1 Å². The van der Waals surface area contributed by atoms with Crippen LogP contribution in [0, 0.1) is 0 Å². The number of rotatable bonds is 1. The average molecular weight is 220 g/mol. The van der Waals surface area contributed by atoms with Crippen LogP contribution in [0.5, 0.6) is 5.75 Å². The van der Waals surface area contributed by atoms with Gasteiger partial charge in [0, 0.05) is 18.7 Å². The van der Waals surface area contributed by atoms with Crippen LogP contribution in [0.25, 0.3) is 0 Å². The van der Waals surface area contributed by atoms with Gasteiger partial charge in [-0.2, -0.15) is 0 Å². The second-order valence-electron chi connectivity index (χ2n) is 5.33. The summed E-state index contributed by atoms with van der Waals surface area (Å²) in [4.78, 5) is 2.36. The van der Waals surface area contributed by atoms with Crippen molar-refractivity contribution in [3.8, 4) is 5.75 Å². The molecule has 0 saturated heterocycles. The molecule has 0 radical (unpaired) electrons. The first-order chi connectivity index (χ1) is 7.42. The van der Waals surface area contributed by atoms with Gasteiger partial charge in [0.2, 0.25) is 0 Å². The van der Waals surface area contributed by atoms with Gasteiger partial charge in [-0.05, 0) is 39.8 Å². The summed E-state index contributed by atoms with van der Waals surface area (Å²) in [6.45, 7) is 9.71. The number of nitrogens with one attached hydrogen (secondary N) is 1. The largest absolute Gasteiger partial charge is 0.508 e. The van der Waals surface area contributed by atoms with Crippen molar-refractivity contribution in [3.05, 3.63) is 18.2 Å². The number of nitrogens with zero attached hydrogens (tertiary/aromatic N) is 1. The molecule has 0 saturated carbocycles. The molecule has 0 amide bonds. The van der Waals surface area contributed by atoms with Crippen LogP contribution in [-0.4, -0.2) is 23.2 Å². The molecule has 16 heavy (non-hydrogen) atoms. The number of phenols is 1. The van der Waals surface area contributed by atoms with Crippen LogP contribution < -0.4 is 10.2 Å². The summed E-state index contributed by atoms with van der Waals surface area (Å²) < 4.78 is 0. The summed E-state index contributed by atoms with van der Waals surface area (Å²) in [5.41, 5.74) is 2.26. The maximum absolute atomic E-state index is 9.60. The molecule has 1 aromatic carbocycles. The molecule has 0 spiro atoms. The lowest BCUT2D eigenvalue weighted by Crippen LogP contribution is -2.55. The summed E-state index contributed by atoms with van der Waals surface area (Å²) >= 11 is 0. The third-order valence-corrected chi connectivity index (χ3v) is 3.12. The third-order valence-electron chi connectivity index (χ3n) is 3.12. The Balaban J connectivity index is 2.52. The Kier molecular flexibility index (Phi) is 2.49. The Morgan fingerprint density at radius 2 is 2.06 bits per heavy atom. The van der Waals surface area contributed by atoms with E-state index in [1.165, 1.54) is 0 Å². The van der Waals surface area contributed by atoms with E-state index in [1.807, 2.05) is 12.1 Å². The first-order valence-corrected chi connectivity index (χ1v) is 5.78. The number of fused-ring (bicyclic) bond motifs is 1. The molecule has 1 aromatic rings. The minimum atomic E-state index is 0.0644. The Morgan fingerprint density at radius 3 is 2.69 bits per heavy atom. The Morgan fingerprint density at radius 1 is 1.38 bits per heavy atom. The van der Waals surface area contributed by atoms with Crippen LogP contribution in [-0.2, 0) is 0 Å². The highest BCUT2D eigenvalue weighted by molar-refractivity contribution is 5.75. The monoisotopic (exact) mass is 220 g/mol. The van der Waals surface area contributed by atoms with Crippen molar-refractivity contribution in [1.29, 1.82) is 0 Å². The topological polar surface area (TPSA) is 35.5 Å². The molecule has 1 aliphatic heterocycles. The van der Waals surface area contributed by atoms with Crippen LogP contribution in [0.1, 0.15) is 27.7 Å². The lowest BCUT2D eigenvalue weighted by Gasteiger charge is -2.48. The van der Waals surface area contributed by atoms with E-state index in [9.17, 15) is 5.11 Å². The second-order valence-corrected chi connectivity index (χ2v) is 5.33. The predicted molar refractivity (Wildman–Crippen MR) is 68.3 cm³/mol. The summed E-state index contributed by atoms with van der Waals surface area (Å²) in [7, 11) is 0. The number of phenolic OH excluding ortho intramolecular Hbond substituents is 1. The molecule has 0 fully saturated rings. The van der Waals surface area contributed by atoms with Crippen LogP contribution in [0.3, 0.4) is 0 Å². The Bertz CT molecular complexity index is 399. The van der Waals surface area contributed by atoms with Crippen molar-refractivity contribution in [1.82, 2.24) is 0 Å². The molecule has 2 rings (SSSR count). The van der Waals surface area contributed by atoms with Crippen molar-refractivity contribution < 1.29 is 5.11 Å². The minimum absolute atomic E-state index is 0.0644. The SMILES string of the molecule is CC(C)N1c2cc(O)ccc2NCC1(C)C. The first kappa shape index (κ1) is 11.1. The van der Waals surface area contributed by atoms with Gasteiger partial charge in [0.05, 0.1) is 16.9 Å². The maximum atomic E-state index is 9.60. The Hall–Kier alpha value is -1.38. The summed E-state index contributed by atoms with van der Waals surface area (Å²) in [6.07, 6.45) is 0. The van der Waals surface area contributed by atoms with E-state index in [0.29, 0.717) is 11.8 Å². The third kappa shape index (κ3) is 1.70. The van der Waals surface area contributed by atoms with Crippen LogP contribution in [0.4, 0.5) is 11.4 Å². The minimum Gasteiger partial charge on any atom is -0.508 e. The zero-order valence-electron chi connectivity index (χ0n) is 10.4. The van der Waals surface area contributed by atoms with Gasteiger partial charge in [-0.25, -0.2) is 0 Å². The molecule has 0 aromatic heterocycles. The van der Waals surface area contributed by atoms with E-state index >= 15 is 0 Å². The van der Waals surface area contributed by atoms with E-state index in [0.717, 1.165) is 17.9 Å².